The number of hydrogen-bond donors (Lipinski definition) is 7. The highest BCUT2D eigenvalue weighted by Gasteiger charge is 2.57. The Labute approximate surface area is 143 Å². The normalized spacial score (nSPS) is 51.5. The van der Waals surface area contributed by atoms with Gasteiger partial charge in [-0.1, -0.05) is 0 Å². The van der Waals surface area contributed by atoms with E-state index in [0.717, 1.165) is 0 Å². The predicted molar refractivity (Wildman–Crippen MR) is 76.5 cm³/mol. The minimum atomic E-state index is -4.42. The first-order valence-corrected chi connectivity index (χ1v) is 9.07. The average Bonchev–Trinajstić information content (AvgIpc) is 2.60. The van der Waals surface area contributed by atoms with Crippen molar-refractivity contribution >= 4 is 7.94 Å². The lowest BCUT2D eigenvalue weighted by Crippen LogP contribution is -2.60. The average molecular weight is 390 g/mol. The number of rotatable bonds is 5. The smallest absolute Gasteiger partial charge is 0.270 e. The van der Waals surface area contributed by atoms with Crippen LogP contribution in [0.3, 0.4) is 0 Å². The van der Waals surface area contributed by atoms with Crippen LogP contribution in [0.15, 0.2) is 0 Å². The van der Waals surface area contributed by atoms with Crippen molar-refractivity contribution in [2.24, 2.45) is 0 Å². The Morgan fingerprint density at radius 1 is 0.920 bits per heavy atom. The van der Waals surface area contributed by atoms with E-state index in [1.165, 1.54) is 7.11 Å². The summed E-state index contributed by atoms with van der Waals surface area (Å²) in [5, 5.41) is 67.6. The van der Waals surface area contributed by atoms with Crippen LogP contribution in [0.2, 0.25) is 0 Å². The zero-order valence-electron chi connectivity index (χ0n) is 13.2. The Balaban J connectivity index is 2.05. The van der Waals surface area contributed by atoms with Crippen molar-refractivity contribution < 1.29 is 59.2 Å². The molecular weight excluding hydrogens is 367 g/mol. The Hall–Kier alpha value is -0.0500. The lowest BCUT2D eigenvalue weighted by atomic mass is 9.99. The Kier molecular flexibility index (Phi) is 7.07. The molecule has 0 aromatic carbocycles. The highest BCUT2D eigenvalue weighted by Crippen LogP contribution is 2.61. The molecule has 0 bridgehead atoms. The van der Waals surface area contributed by atoms with Crippen LogP contribution in [0.5, 0.6) is 0 Å². The molecule has 2 aliphatic heterocycles. The van der Waals surface area contributed by atoms with E-state index in [1.54, 1.807) is 0 Å². The number of hydrogen-bond acceptors (Lipinski definition) is 12. The highest BCUT2D eigenvalue weighted by molar-refractivity contribution is 7.59. The molecule has 0 spiro atoms. The molecule has 13 heteroatoms. The zero-order chi connectivity index (χ0) is 18.9. The summed E-state index contributed by atoms with van der Waals surface area (Å²) in [7, 11) is -3.23. The second-order valence-electron chi connectivity index (χ2n) is 5.81. The van der Waals surface area contributed by atoms with Crippen molar-refractivity contribution in [1.29, 1.82) is 0 Å². The van der Waals surface area contributed by atoms with E-state index in [4.69, 9.17) is 23.6 Å². The van der Waals surface area contributed by atoms with Gasteiger partial charge in [0.15, 0.2) is 12.4 Å². The Morgan fingerprint density at radius 2 is 1.52 bits per heavy atom. The second kappa shape index (κ2) is 8.31. The Bertz CT molecular complexity index is 438. The molecule has 25 heavy (non-hydrogen) atoms. The molecule has 0 aromatic rings. The molecule has 0 amide bonds. The number of aliphatic hydroxyl groups excluding tert-OH is 7. The molecule has 0 aliphatic carbocycles. The van der Waals surface area contributed by atoms with Gasteiger partial charge in [-0.2, -0.15) is 4.52 Å². The summed E-state index contributed by atoms with van der Waals surface area (Å²) in [6, 6.07) is 0. The summed E-state index contributed by atoms with van der Waals surface area (Å²) in [4.78, 5) is 12.6. The summed E-state index contributed by atoms with van der Waals surface area (Å²) in [6.45, 7) is -1.46. The molecular formula is C12H23O12P. The van der Waals surface area contributed by atoms with Crippen molar-refractivity contribution in [3.63, 3.8) is 0 Å². The summed E-state index contributed by atoms with van der Waals surface area (Å²) in [5.74, 6) is -2.10. The van der Waals surface area contributed by atoms with Gasteiger partial charge in [0, 0.05) is 7.11 Å². The molecule has 2 saturated heterocycles. The number of aliphatic hydroxyl groups is 7. The molecule has 2 heterocycles. The van der Waals surface area contributed by atoms with Gasteiger partial charge in [-0.25, -0.2) is 4.52 Å². The van der Waals surface area contributed by atoms with Crippen LogP contribution in [0.1, 0.15) is 0 Å². The molecule has 10 atom stereocenters. The van der Waals surface area contributed by atoms with E-state index in [1.807, 2.05) is 0 Å². The third-order valence-corrected chi connectivity index (χ3v) is 6.17. The van der Waals surface area contributed by atoms with Crippen LogP contribution in [0.25, 0.3) is 0 Å². The third-order valence-electron chi connectivity index (χ3n) is 4.14. The summed E-state index contributed by atoms with van der Waals surface area (Å²) >= 11 is 0. The van der Waals surface area contributed by atoms with Crippen LogP contribution in [0.4, 0.5) is 0 Å². The number of methoxy groups -OCH3 is 1. The third kappa shape index (κ3) is 4.12. The lowest BCUT2D eigenvalue weighted by molar-refractivity contribution is -0.300. The first-order chi connectivity index (χ1) is 11.7. The maximum Gasteiger partial charge on any atom is 0.270 e. The monoisotopic (exact) mass is 390 g/mol. The molecule has 148 valence electrons. The van der Waals surface area contributed by atoms with Gasteiger partial charge < -0.3 is 50.1 Å². The molecule has 12 nitrogen and oxygen atoms in total. The van der Waals surface area contributed by atoms with E-state index >= 15 is 0 Å². The molecule has 7 N–H and O–H groups in total. The molecule has 0 aromatic heterocycles. The van der Waals surface area contributed by atoms with E-state index < -0.39 is 76.0 Å². The van der Waals surface area contributed by atoms with Crippen LogP contribution >= 0.6 is 7.94 Å². The van der Waals surface area contributed by atoms with Gasteiger partial charge in [0.1, 0.15) is 43.2 Å². The predicted octanol–water partition coefficient (Wildman–Crippen LogP) is -4.99. The minimum absolute atomic E-state index is 0.667. The molecule has 0 radical (unpaired) electrons. The van der Waals surface area contributed by atoms with Crippen LogP contribution in [-0.2, 0) is 18.5 Å². The topological polar surface area (TPSA) is 202 Å². The van der Waals surface area contributed by atoms with Gasteiger partial charge >= 0.3 is 0 Å². The van der Waals surface area contributed by atoms with Gasteiger partial charge in [0.05, 0.1) is 6.61 Å². The standard InChI is InChI=1S/C12H23O12P/c1-21-12-10(18)8(16)7(15)5(23-12)3-22-25(20)11(19)9(17)6(14)4(2-13)24-25/h4-19H,2-3H2,1H3/t4-,5-,6-,7-,8+,9+,10-,11-,12+,25?/m1/s1. The van der Waals surface area contributed by atoms with E-state index in [9.17, 15) is 35.5 Å². The first kappa shape index (κ1) is 21.3. The van der Waals surface area contributed by atoms with Gasteiger partial charge in [0.2, 0.25) is 5.85 Å². The quantitative estimate of drug-likeness (QED) is 0.221. The highest BCUT2D eigenvalue weighted by atomic mass is 31.2. The van der Waals surface area contributed by atoms with Crippen LogP contribution in [0, 0.1) is 0 Å². The van der Waals surface area contributed by atoms with E-state index in [2.05, 4.69) is 0 Å². The Morgan fingerprint density at radius 3 is 2.08 bits per heavy atom. The van der Waals surface area contributed by atoms with Crippen LogP contribution in [-0.4, -0.2) is 111 Å². The fourth-order valence-electron chi connectivity index (χ4n) is 2.57. The van der Waals surface area contributed by atoms with Gasteiger partial charge in [0.25, 0.3) is 7.94 Å². The summed E-state index contributed by atoms with van der Waals surface area (Å²) < 4.78 is 19.9. The largest absolute Gasteiger partial charge is 0.629 e. The minimum Gasteiger partial charge on any atom is -0.629 e. The van der Waals surface area contributed by atoms with Crippen molar-refractivity contribution in [2.45, 2.75) is 54.9 Å². The van der Waals surface area contributed by atoms with E-state index in [0.29, 0.717) is 0 Å². The zero-order valence-corrected chi connectivity index (χ0v) is 14.1. The lowest BCUT2D eigenvalue weighted by Gasteiger charge is -2.44. The van der Waals surface area contributed by atoms with Gasteiger partial charge in [-0.15, -0.1) is 0 Å². The second-order valence-corrected chi connectivity index (χ2v) is 7.89. The van der Waals surface area contributed by atoms with Crippen molar-refractivity contribution in [2.75, 3.05) is 20.3 Å². The first-order valence-electron chi connectivity index (χ1n) is 7.46. The molecule has 2 aliphatic rings. The molecule has 2 rings (SSSR count). The summed E-state index contributed by atoms with van der Waals surface area (Å²) in [5.41, 5.74) is 0. The van der Waals surface area contributed by atoms with Crippen molar-refractivity contribution in [3.05, 3.63) is 0 Å². The van der Waals surface area contributed by atoms with E-state index in [-0.39, 0.29) is 0 Å². The molecule has 1 unspecified atom stereocenters. The molecule has 2 fully saturated rings. The van der Waals surface area contributed by atoms with Gasteiger partial charge in [-0.05, 0) is 0 Å². The number of ether oxygens (including phenoxy) is 2. The maximum absolute atomic E-state index is 12.6. The van der Waals surface area contributed by atoms with Gasteiger partial charge in [-0.3, -0.25) is 0 Å². The molecule has 0 saturated carbocycles. The fraction of sp³-hybridized carbons (Fsp3) is 1.00. The van der Waals surface area contributed by atoms with Crippen molar-refractivity contribution in [1.82, 2.24) is 0 Å². The fourth-order valence-corrected chi connectivity index (χ4v) is 4.38. The summed E-state index contributed by atoms with van der Waals surface area (Å²) in [6.07, 6.45) is -12.4. The van der Waals surface area contributed by atoms with Crippen LogP contribution < -0.4 is 4.89 Å². The maximum atomic E-state index is 12.6. The van der Waals surface area contributed by atoms with Crippen molar-refractivity contribution in [3.8, 4) is 0 Å². The SMILES string of the molecule is CO[C@H]1O[C@H](CO[P+]2([O-])O[C@H](CO)[C@@H](O)[C@H](O)[C@@H]2O)[C@@H](O)[C@H](O)[C@H]1O.